The predicted molar refractivity (Wildman–Crippen MR) is 121 cm³/mol. The third kappa shape index (κ3) is 7.08. The molecule has 1 aliphatic rings. The molecule has 0 radical (unpaired) electrons. The zero-order valence-corrected chi connectivity index (χ0v) is 20.0. The summed E-state index contributed by atoms with van der Waals surface area (Å²) in [6.07, 6.45) is -8.14. The summed E-state index contributed by atoms with van der Waals surface area (Å²) in [4.78, 5) is 4.15. The zero-order valence-electron chi connectivity index (χ0n) is 17.9. The SMILES string of the molecule is CI.CN1CCC(COCc2cc(C(F)(F)F)cc(C(F)(F)F)c2)(c2ccccc2)CC1. The van der Waals surface area contributed by atoms with Crippen LogP contribution in [-0.2, 0) is 29.1 Å². The first-order valence-electron chi connectivity index (χ1n) is 9.98. The van der Waals surface area contributed by atoms with Gasteiger partial charge in [-0.15, -0.1) is 0 Å². The number of hydrogen-bond acceptors (Lipinski definition) is 2. The van der Waals surface area contributed by atoms with Crippen molar-refractivity contribution in [1.82, 2.24) is 4.90 Å². The summed E-state index contributed by atoms with van der Waals surface area (Å²) >= 11 is 2.15. The van der Waals surface area contributed by atoms with Crippen molar-refractivity contribution in [1.29, 1.82) is 0 Å². The molecule has 0 amide bonds. The predicted octanol–water partition coefficient (Wildman–Crippen LogP) is 6.96. The van der Waals surface area contributed by atoms with Crippen LogP contribution in [0.25, 0.3) is 0 Å². The molecule has 1 aliphatic heterocycles. The first-order chi connectivity index (χ1) is 15.0. The molecule has 2 aromatic carbocycles. The average molecular weight is 573 g/mol. The number of ether oxygens (including phenoxy) is 1. The van der Waals surface area contributed by atoms with Crippen molar-refractivity contribution in [2.45, 2.75) is 37.2 Å². The molecule has 178 valence electrons. The van der Waals surface area contributed by atoms with Crippen LogP contribution in [0, 0.1) is 0 Å². The molecular formula is C23H26F6INO. The highest BCUT2D eigenvalue weighted by atomic mass is 127. The van der Waals surface area contributed by atoms with E-state index in [0.717, 1.165) is 43.6 Å². The average Bonchev–Trinajstić information content (AvgIpc) is 2.76. The highest BCUT2D eigenvalue weighted by Gasteiger charge is 2.38. The fraction of sp³-hybridized carbons (Fsp3) is 0.478. The number of rotatable bonds is 5. The van der Waals surface area contributed by atoms with Crippen LogP contribution in [0.5, 0.6) is 0 Å². The summed E-state index contributed by atoms with van der Waals surface area (Å²) in [5, 5.41) is 0. The van der Waals surface area contributed by atoms with Gasteiger partial charge in [0.15, 0.2) is 0 Å². The second-order valence-corrected chi connectivity index (χ2v) is 7.86. The maximum Gasteiger partial charge on any atom is 0.416 e. The normalized spacial score (nSPS) is 16.9. The van der Waals surface area contributed by atoms with Crippen LogP contribution in [0.1, 0.15) is 35.1 Å². The number of piperidine rings is 1. The van der Waals surface area contributed by atoms with Gasteiger partial charge in [0.25, 0.3) is 0 Å². The van der Waals surface area contributed by atoms with Gasteiger partial charge in [0, 0.05) is 5.41 Å². The van der Waals surface area contributed by atoms with E-state index in [-0.39, 0.29) is 30.3 Å². The Kier molecular flexibility index (Phi) is 9.42. The molecule has 0 bridgehead atoms. The minimum Gasteiger partial charge on any atom is -0.376 e. The summed E-state index contributed by atoms with van der Waals surface area (Å²) in [6.45, 7) is 1.57. The quantitative estimate of drug-likeness (QED) is 0.218. The number of hydrogen-bond donors (Lipinski definition) is 0. The van der Waals surface area contributed by atoms with E-state index in [1.54, 1.807) is 0 Å². The van der Waals surface area contributed by atoms with E-state index in [4.69, 9.17) is 4.74 Å². The number of nitrogens with zero attached hydrogens (tertiary/aromatic N) is 1. The highest BCUT2D eigenvalue weighted by molar-refractivity contribution is 14.1. The Morgan fingerprint density at radius 2 is 1.38 bits per heavy atom. The van der Waals surface area contributed by atoms with Gasteiger partial charge < -0.3 is 9.64 Å². The molecule has 0 aromatic heterocycles. The van der Waals surface area contributed by atoms with Crippen molar-refractivity contribution in [3.63, 3.8) is 0 Å². The van der Waals surface area contributed by atoms with Gasteiger partial charge in [-0.1, -0.05) is 52.9 Å². The Hall–Kier alpha value is -1.33. The van der Waals surface area contributed by atoms with Crippen LogP contribution in [0.3, 0.4) is 0 Å². The smallest absolute Gasteiger partial charge is 0.376 e. The summed E-state index contributed by atoms with van der Waals surface area (Å²) < 4.78 is 84.1. The summed E-state index contributed by atoms with van der Waals surface area (Å²) in [5.74, 6) is 0. The van der Waals surface area contributed by atoms with Crippen LogP contribution < -0.4 is 0 Å². The molecule has 1 saturated heterocycles. The lowest BCUT2D eigenvalue weighted by Crippen LogP contribution is -2.43. The van der Waals surface area contributed by atoms with Gasteiger partial charge in [-0.2, -0.15) is 26.3 Å². The summed E-state index contributed by atoms with van der Waals surface area (Å²) in [7, 11) is 2.01. The van der Waals surface area contributed by atoms with Gasteiger partial charge in [0.2, 0.25) is 0 Å². The minimum atomic E-state index is -4.87. The summed E-state index contributed by atoms with van der Waals surface area (Å²) in [5.41, 5.74) is -2.05. The van der Waals surface area contributed by atoms with Crippen molar-refractivity contribution in [3.8, 4) is 0 Å². The van der Waals surface area contributed by atoms with E-state index in [1.165, 1.54) is 0 Å². The Morgan fingerprint density at radius 3 is 1.84 bits per heavy atom. The van der Waals surface area contributed by atoms with Crippen molar-refractivity contribution in [2.75, 3.05) is 31.7 Å². The molecule has 0 atom stereocenters. The monoisotopic (exact) mass is 573 g/mol. The molecule has 0 aliphatic carbocycles. The molecule has 9 heteroatoms. The van der Waals surface area contributed by atoms with E-state index in [2.05, 4.69) is 27.5 Å². The summed E-state index contributed by atoms with van der Waals surface area (Å²) in [6, 6.07) is 11.3. The highest BCUT2D eigenvalue weighted by Crippen LogP contribution is 2.38. The third-order valence-corrected chi connectivity index (χ3v) is 5.62. The van der Waals surface area contributed by atoms with Gasteiger partial charge in [0.1, 0.15) is 0 Å². The topological polar surface area (TPSA) is 12.5 Å². The van der Waals surface area contributed by atoms with Crippen molar-refractivity contribution >= 4 is 22.6 Å². The lowest BCUT2D eigenvalue weighted by atomic mass is 9.73. The molecule has 1 fully saturated rings. The lowest BCUT2D eigenvalue weighted by molar-refractivity contribution is -0.143. The van der Waals surface area contributed by atoms with Crippen LogP contribution in [0.2, 0.25) is 0 Å². The van der Waals surface area contributed by atoms with Crippen molar-refractivity contribution < 1.29 is 31.1 Å². The van der Waals surface area contributed by atoms with Gasteiger partial charge in [-0.25, -0.2) is 0 Å². The Bertz CT molecular complexity index is 814. The van der Waals surface area contributed by atoms with Gasteiger partial charge in [-0.3, -0.25) is 0 Å². The molecule has 0 spiro atoms. The van der Waals surface area contributed by atoms with E-state index in [1.807, 2.05) is 42.3 Å². The first-order valence-corrected chi connectivity index (χ1v) is 12.1. The molecule has 3 rings (SSSR count). The van der Waals surface area contributed by atoms with Crippen LogP contribution in [0.4, 0.5) is 26.3 Å². The molecule has 0 saturated carbocycles. The van der Waals surface area contributed by atoms with E-state index < -0.39 is 23.5 Å². The van der Waals surface area contributed by atoms with E-state index >= 15 is 0 Å². The standard InChI is InChI=1S/C22H23F6NO.CH3I/c1-29-9-7-20(8-10-29,17-5-3-2-4-6-17)15-30-14-16-11-18(21(23,24)25)13-19(12-16)22(26,27)28;1-2/h2-6,11-13H,7-10,14-15H2,1H3;1H3. The van der Waals surface area contributed by atoms with Crippen LogP contribution >= 0.6 is 22.6 Å². The Morgan fingerprint density at radius 1 is 0.875 bits per heavy atom. The fourth-order valence-electron chi connectivity index (χ4n) is 3.82. The van der Waals surface area contributed by atoms with E-state index in [9.17, 15) is 26.3 Å². The number of halogens is 7. The van der Waals surface area contributed by atoms with Crippen LogP contribution in [-0.4, -0.2) is 36.6 Å². The molecule has 32 heavy (non-hydrogen) atoms. The maximum absolute atomic E-state index is 13.1. The molecule has 0 unspecified atom stereocenters. The number of benzene rings is 2. The Labute approximate surface area is 198 Å². The first kappa shape index (κ1) is 26.9. The zero-order chi connectivity index (χ0) is 24.0. The van der Waals surface area contributed by atoms with Crippen LogP contribution in [0.15, 0.2) is 48.5 Å². The van der Waals surface area contributed by atoms with Gasteiger partial charge in [-0.05, 0) is 67.2 Å². The second-order valence-electron chi connectivity index (χ2n) is 7.86. The fourth-order valence-corrected chi connectivity index (χ4v) is 3.82. The van der Waals surface area contributed by atoms with Gasteiger partial charge >= 0.3 is 12.4 Å². The van der Waals surface area contributed by atoms with E-state index in [0.29, 0.717) is 0 Å². The molecule has 0 N–H and O–H groups in total. The molecule has 1 heterocycles. The largest absolute Gasteiger partial charge is 0.416 e. The van der Waals surface area contributed by atoms with Crippen molar-refractivity contribution in [2.24, 2.45) is 0 Å². The molecule has 2 aromatic rings. The Balaban J connectivity index is 0.00000176. The molecule has 2 nitrogen and oxygen atoms in total. The minimum absolute atomic E-state index is 0.131. The van der Waals surface area contributed by atoms with Crippen molar-refractivity contribution in [3.05, 3.63) is 70.8 Å². The number of likely N-dealkylation sites (tertiary alicyclic amines) is 1. The number of alkyl halides is 7. The third-order valence-electron chi connectivity index (χ3n) is 5.62. The second kappa shape index (κ2) is 11.2. The van der Waals surface area contributed by atoms with Gasteiger partial charge in [0.05, 0.1) is 24.3 Å². The maximum atomic E-state index is 13.1. The lowest BCUT2D eigenvalue weighted by Gasteiger charge is -2.41. The molecular weight excluding hydrogens is 547 g/mol.